The van der Waals surface area contributed by atoms with Gasteiger partial charge in [-0.3, -0.25) is 0 Å². The number of ether oxygens (including phenoxy) is 1. The summed E-state index contributed by atoms with van der Waals surface area (Å²) < 4.78 is 5.40. The molecule has 0 aromatic rings. The van der Waals surface area contributed by atoms with E-state index >= 15 is 0 Å². The second-order valence-electron chi connectivity index (χ2n) is 6.46. The Kier molecular flexibility index (Phi) is 5.50. The summed E-state index contributed by atoms with van der Waals surface area (Å²) >= 11 is 0. The van der Waals surface area contributed by atoms with Gasteiger partial charge >= 0.3 is 0 Å². The summed E-state index contributed by atoms with van der Waals surface area (Å²) in [5.74, 6) is 0.118. The molecule has 0 aromatic carbocycles. The van der Waals surface area contributed by atoms with E-state index in [4.69, 9.17) is 4.74 Å². The summed E-state index contributed by atoms with van der Waals surface area (Å²) in [4.78, 5) is 0. The van der Waals surface area contributed by atoms with E-state index in [9.17, 15) is 30.6 Å². The highest BCUT2D eigenvalue weighted by Crippen LogP contribution is 2.37. The van der Waals surface area contributed by atoms with Crippen molar-refractivity contribution in [3.8, 4) is 0 Å². The smallest absolute Gasteiger partial charge is 0.119 e. The van der Waals surface area contributed by atoms with Crippen LogP contribution in [0.15, 0.2) is 23.5 Å². The molecule has 1 aliphatic heterocycles. The zero-order valence-electron chi connectivity index (χ0n) is 13.3. The molecule has 0 saturated carbocycles. The van der Waals surface area contributed by atoms with E-state index in [2.05, 4.69) is 0 Å². The molecule has 2 aliphatic rings. The molecule has 132 valence electrons. The second kappa shape index (κ2) is 6.88. The van der Waals surface area contributed by atoms with Crippen LogP contribution in [0.1, 0.15) is 26.7 Å². The van der Waals surface area contributed by atoms with E-state index in [0.717, 1.165) is 6.42 Å². The predicted octanol–water partition coefficient (Wildman–Crippen LogP) is -0.622. The molecule has 1 saturated heterocycles. The number of hydrogen-bond acceptors (Lipinski definition) is 7. The largest absolute Gasteiger partial charge is 0.512 e. The minimum atomic E-state index is -1.74. The van der Waals surface area contributed by atoms with E-state index in [-0.39, 0.29) is 18.1 Å². The lowest BCUT2D eigenvalue weighted by Crippen LogP contribution is -2.65. The third-order valence-electron chi connectivity index (χ3n) is 4.86. The quantitative estimate of drug-likeness (QED) is 0.405. The maximum absolute atomic E-state index is 10.8. The summed E-state index contributed by atoms with van der Waals surface area (Å²) in [5.41, 5.74) is -1.03. The number of allylic oxidation sites excluding steroid dienone is 2. The van der Waals surface area contributed by atoms with Crippen LogP contribution in [0.3, 0.4) is 0 Å². The molecule has 0 spiro atoms. The zero-order chi connectivity index (χ0) is 17.4. The third-order valence-corrected chi connectivity index (χ3v) is 4.86. The summed E-state index contributed by atoms with van der Waals surface area (Å²) in [6.45, 7) is 3.37. The van der Waals surface area contributed by atoms with Gasteiger partial charge in [-0.2, -0.15) is 0 Å². The van der Waals surface area contributed by atoms with Crippen LogP contribution in [-0.4, -0.2) is 73.4 Å². The molecule has 3 unspecified atom stereocenters. The molecule has 0 bridgehead atoms. The van der Waals surface area contributed by atoms with E-state index in [1.54, 1.807) is 6.08 Å². The van der Waals surface area contributed by atoms with Gasteiger partial charge in [-0.15, -0.1) is 0 Å². The number of aliphatic hydroxyl groups excluding tert-OH is 5. The van der Waals surface area contributed by atoms with Crippen molar-refractivity contribution in [2.24, 2.45) is 5.92 Å². The van der Waals surface area contributed by atoms with Crippen LogP contribution in [0.25, 0.3) is 0 Å². The van der Waals surface area contributed by atoms with Gasteiger partial charge in [0.1, 0.15) is 36.1 Å². The normalized spacial score (nSPS) is 42.8. The highest BCUT2D eigenvalue weighted by Gasteiger charge is 2.52. The maximum Gasteiger partial charge on any atom is 0.119 e. The van der Waals surface area contributed by atoms with Crippen molar-refractivity contribution in [2.45, 2.75) is 62.8 Å². The molecule has 0 radical (unpaired) electrons. The molecular formula is C16H26O7. The van der Waals surface area contributed by atoms with Gasteiger partial charge in [0.2, 0.25) is 0 Å². The van der Waals surface area contributed by atoms with Crippen molar-refractivity contribution in [1.29, 1.82) is 0 Å². The van der Waals surface area contributed by atoms with Crippen LogP contribution < -0.4 is 0 Å². The fourth-order valence-electron chi connectivity index (χ4n) is 3.14. The van der Waals surface area contributed by atoms with Crippen molar-refractivity contribution in [3.05, 3.63) is 23.5 Å². The number of rotatable bonds is 4. The maximum atomic E-state index is 10.8. The predicted molar refractivity (Wildman–Crippen MR) is 81.6 cm³/mol. The molecular weight excluding hydrogens is 304 g/mol. The molecule has 7 heteroatoms. The standard InChI is InChI=1S/C16H26O7/c1-3-8(2)9-4-5-16(22,6-10(9)18)15-14(21)13(20)12(19)11(7-17)23-15/h4-5,8,11-15,17-22H,3,6-7H2,1-2H3/t8?,11-,12-,13+,14-,15?,16?/m1/s1. The van der Waals surface area contributed by atoms with E-state index in [0.29, 0.717) is 5.57 Å². The fraction of sp³-hybridized carbons (Fsp3) is 0.750. The van der Waals surface area contributed by atoms with E-state index in [1.165, 1.54) is 6.08 Å². The van der Waals surface area contributed by atoms with Crippen molar-refractivity contribution >= 4 is 0 Å². The number of hydrogen-bond donors (Lipinski definition) is 6. The Balaban J connectivity index is 2.25. The topological polar surface area (TPSA) is 131 Å². The van der Waals surface area contributed by atoms with E-state index < -0.39 is 42.7 Å². The Morgan fingerprint density at radius 3 is 2.43 bits per heavy atom. The van der Waals surface area contributed by atoms with Gasteiger partial charge < -0.3 is 35.4 Å². The molecule has 1 fully saturated rings. The average molecular weight is 330 g/mol. The molecule has 23 heavy (non-hydrogen) atoms. The molecule has 0 aromatic heterocycles. The average Bonchev–Trinajstić information content (AvgIpc) is 2.52. The van der Waals surface area contributed by atoms with Crippen LogP contribution in [0.4, 0.5) is 0 Å². The van der Waals surface area contributed by atoms with Gasteiger partial charge in [0.25, 0.3) is 0 Å². The van der Waals surface area contributed by atoms with Crippen LogP contribution in [0.2, 0.25) is 0 Å². The molecule has 6 N–H and O–H groups in total. The molecule has 2 rings (SSSR count). The number of aliphatic hydroxyl groups is 6. The Morgan fingerprint density at radius 1 is 1.26 bits per heavy atom. The molecule has 0 amide bonds. The van der Waals surface area contributed by atoms with Crippen molar-refractivity contribution < 1.29 is 35.4 Å². The first-order valence-electron chi connectivity index (χ1n) is 7.89. The summed E-state index contributed by atoms with van der Waals surface area (Å²) in [6, 6.07) is 0. The monoisotopic (exact) mass is 330 g/mol. The molecule has 1 heterocycles. The van der Waals surface area contributed by atoms with Gasteiger partial charge in [-0.05, 0) is 24.0 Å². The minimum absolute atomic E-state index is 0.00121. The third kappa shape index (κ3) is 3.31. The Bertz CT molecular complexity index is 487. The minimum Gasteiger partial charge on any atom is -0.512 e. The first-order valence-corrected chi connectivity index (χ1v) is 7.89. The van der Waals surface area contributed by atoms with Gasteiger partial charge in [-0.1, -0.05) is 19.9 Å². The van der Waals surface area contributed by atoms with Gasteiger partial charge in [-0.25, -0.2) is 0 Å². The molecule has 7 nitrogen and oxygen atoms in total. The lowest BCUT2D eigenvalue weighted by atomic mass is 9.78. The van der Waals surface area contributed by atoms with E-state index in [1.807, 2.05) is 13.8 Å². The van der Waals surface area contributed by atoms with Crippen LogP contribution in [0, 0.1) is 5.92 Å². The molecule has 7 atom stereocenters. The summed E-state index contributed by atoms with van der Waals surface area (Å²) in [7, 11) is 0. The summed E-state index contributed by atoms with van der Waals surface area (Å²) in [5, 5.41) is 60.0. The van der Waals surface area contributed by atoms with Gasteiger partial charge in [0.05, 0.1) is 12.4 Å². The van der Waals surface area contributed by atoms with Crippen molar-refractivity contribution in [1.82, 2.24) is 0 Å². The van der Waals surface area contributed by atoms with Crippen molar-refractivity contribution in [2.75, 3.05) is 6.61 Å². The van der Waals surface area contributed by atoms with Gasteiger partial charge in [0, 0.05) is 6.42 Å². The van der Waals surface area contributed by atoms with Crippen LogP contribution in [0.5, 0.6) is 0 Å². The highest BCUT2D eigenvalue weighted by molar-refractivity contribution is 5.34. The lowest BCUT2D eigenvalue weighted by molar-refractivity contribution is -0.262. The highest BCUT2D eigenvalue weighted by atomic mass is 16.6. The fourth-order valence-corrected chi connectivity index (χ4v) is 3.14. The zero-order valence-corrected chi connectivity index (χ0v) is 13.3. The first kappa shape index (κ1) is 18.4. The van der Waals surface area contributed by atoms with Crippen LogP contribution >= 0.6 is 0 Å². The first-order chi connectivity index (χ1) is 10.7. The van der Waals surface area contributed by atoms with Crippen LogP contribution in [-0.2, 0) is 4.74 Å². The second-order valence-corrected chi connectivity index (χ2v) is 6.46. The molecule has 1 aliphatic carbocycles. The lowest BCUT2D eigenvalue weighted by Gasteiger charge is -2.46. The Labute approximate surface area is 135 Å². The van der Waals surface area contributed by atoms with Crippen molar-refractivity contribution in [3.63, 3.8) is 0 Å². The Hall–Kier alpha value is -0.960. The summed E-state index contributed by atoms with van der Waals surface area (Å²) in [6.07, 6.45) is -3.32. The SMILES string of the molecule is CCC(C)C1=C(O)CC(O)(C2O[C@H](CO)[C@@H](O)[C@H](O)[C@H]2O)C=C1. The Morgan fingerprint density at radius 2 is 1.91 bits per heavy atom. The van der Waals surface area contributed by atoms with Gasteiger partial charge in [0.15, 0.2) is 0 Å².